The molecule has 10 aromatic rings. The van der Waals surface area contributed by atoms with Gasteiger partial charge in [-0.25, -0.2) is 17.6 Å². The zero-order valence-electron chi connectivity index (χ0n) is 60.2. The van der Waals surface area contributed by atoms with Gasteiger partial charge < -0.3 is 56.2 Å². The zero-order chi connectivity index (χ0) is 84.4. The molecule has 0 aromatic heterocycles. The number of methoxy groups -OCH3 is 1. The normalized spacial score (nSPS) is 12.0. The summed E-state index contributed by atoms with van der Waals surface area (Å²) in [5.41, 5.74) is 3.90. The van der Waals surface area contributed by atoms with Crippen molar-refractivity contribution in [3.05, 3.63) is 347 Å². The van der Waals surface area contributed by atoms with Crippen LogP contribution in [0.25, 0.3) is 0 Å². The molecule has 0 aliphatic carbocycles. The number of amides is 6. The van der Waals surface area contributed by atoms with Crippen molar-refractivity contribution in [3.8, 4) is 5.75 Å². The Morgan fingerprint density at radius 2 is 0.739 bits per heavy atom. The Kier molecular flexibility index (Phi) is 36.0. The summed E-state index contributed by atoms with van der Waals surface area (Å²) in [6.45, 7) is 0. The molecule has 5 atom stereocenters. The maximum atomic E-state index is 14.0. The van der Waals surface area contributed by atoms with Crippen molar-refractivity contribution in [1.29, 1.82) is 0 Å². The Morgan fingerprint density at radius 3 is 1.12 bits per heavy atom. The Balaban J connectivity index is 0.000000224. The Morgan fingerprint density at radius 1 is 0.400 bits per heavy atom. The van der Waals surface area contributed by atoms with Crippen molar-refractivity contribution in [1.82, 2.24) is 26.6 Å². The molecule has 0 aliphatic rings. The molecule has 18 nitrogen and oxygen atoms in total. The maximum Gasteiger partial charge on any atom is 0.417 e. The summed E-state index contributed by atoms with van der Waals surface area (Å²) in [5.74, 6) is -10.6. The molecule has 115 heavy (non-hydrogen) atoms. The average molecular weight is 1700 g/mol. The van der Waals surface area contributed by atoms with Crippen molar-refractivity contribution in [2.45, 2.75) is 74.7 Å². The van der Waals surface area contributed by atoms with Gasteiger partial charge in [-0.3, -0.25) is 33.6 Å². The minimum Gasteiger partial charge on any atom is -0.496 e. The Labute approximate surface area is 670 Å². The van der Waals surface area contributed by atoms with Crippen molar-refractivity contribution in [3.63, 3.8) is 0 Å². The Hall–Kier alpha value is -12.5. The molecule has 0 aliphatic heterocycles. The first-order chi connectivity index (χ1) is 54.8. The minimum atomic E-state index is -4.95. The lowest BCUT2D eigenvalue weighted by Crippen LogP contribution is -2.47. The summed E-state index contributed by atoms with van der Waals surface area (Å²) in [7, 11) is 1.47. The third-order valence-corrected chi connectivity index (χ3v) is 17.4. The van der Waals surface area contributed by atoms with Crippen LogP contribution in [-0.2, 0) is 73.2 Å². The van der Waals surface area contributed by atoms with E-state index in [1.807, 2.05) is 66.7 Å². The molecule has 6 amide bonds. The number of primary amides is 1. The van der Waals surface area contributed by atoms with Crippen LogP contribution in [0.5, 0.6) is 5.75 Å². The molecular formula is C84H69BrCl2F10N6O12. The van der Waals surface area contributed by atoms with E-state index in [1.165, 1.54) is 19.2 Å². The third-order valence-electron chi connectivity index (χ3n) is 16.2. The zero-order valence-corrected chi connectivity index (χ0v) is 63.3. The van der Waals surface area contributed by atoms with E-state index in [4.69, 9.17) is 33.7 Å². The molecule has 0 saturated carbocycles. The maximum absolute atomic E-state index is 14.0. The highest BCUT2D eigenvalue weighted by molar-refractivity contribution is 9.10. The molecule has 0 bridgehead atoms. The molecule has 10 aromatic carbocycles. The van der Waals surface area contributed by atoms with Gasteiger partial charge in [0.15, 0.2) is 5.82 Å². The number of aldehydes is 4. The quantitative estimate of drug-likeness (QED) is 0.0159. The highest BCUT2D eigenvalue weighted by atomic mass is 79.9. The van der Waals surface area contributed by atoms with Crippen molar-refractivity contribution in [2.75, 3.05) is 7.11 Å². The van der Waals surface area contributed by atoms with Crippen LogP contribution in [0.2, 0.25) is 10.0 Å². The molecule has 4 unspecified atom stereocenters. The number of Topliss-reactive ketones (excluding diaryl/α,β-unsaturated/α-hetero) is 1. The van der Waals surface area contributed by atoms with E-state index in [-0.39, 0.29) is 25.7 Å². The van der Waals surface area contributed by atoms with Crippen LogP contribution < -0.4 is 37.1 Å². The SMILES string of the molecule is COc1ccc(Cl)cc1C(=O)NC(C=O)Cc1ccccc1.NC(=O)C(=O)[C@H](Cc1ccccc1)NC(=O)c1ccccc1Br.O=CC(Cc1ccccc1)NC(=O)c1c(C(F)(F)F)ccc(Cl)c1F.O=CC(Cc1ccccc1)NC(=O)c1c(F)cccc1C(F)(F)F.O=CC(Cc1ccccc1)NC(=O)c1c(F)cccc1F. The van der Waals surface area contributed by atoms with E-state index in [2.05, 4.69) is 42.5 Å². The summed E-state index contributed by atoms with van der Waals surface area (Å²) in [5, 5.41) is 11.6. The summed E-state index contributed by atoms with van der Waals surface area (Å²) >= 11 is 14.7. The van der Waals surface area contributed by atoms with Crippen molar-refractivity contribution >= 4 is 106 Å². The fourth-order valence-corrected chi connectivity index (χ4v) is 11.5. The van der Waals surface area contributed by atoms with Crippen molar-refractivity contribution in [2.24, 2.45) is 5.73 Å². The molecule has 7 N–H and O–H groups in total. The molecule has 0 fully saturated rings. The lowest BCUT2D eigenvalue weighted by Gasteiger charge is -2.17. The summed E-state index contributed by atoms with van der Waals surface area (Å²) < 4.78 is 138. The van der Waals surface area contributed by atoms with Crippen LogP contribution in [0.15, 0.2) is 247 Å². The second-order valence-corrected chi connectivity index (χ2v) is 26.1. The molecule has 0 radical (unpaired) electrons. The third kappa shape index (κ3) is 28.9. The lowest BCUT2D eigenvalue weighted by molar-refractivity contribution is -0.138. The first kappa shape index (κ1) is 91.4. The highest BCUT2D eigenvalue weighted by Crippen LogP contribution is 2.36. The van der Waals surface area contributed by atoms with E-state index in [0.29, 0.717) is 74.9 Å². The number of hydrogen-bond donors (Lipinski definition) is 6. The monoisotopic (exact) mass is 1690 g/mol. The summed E-state index contributed by atoms with van der Waals surface area (Å²) in [6.07, 6.45) is -6.76. The van der Waals surface area contributed by atoms with E-state index in [0.717, 1.165) is 53.3 Å². The van der Waals surface area contributed by atoms with E-state index in [9.17, 15) is 96.6 Å². The topological polar surface area (TPSA) is 283 Å². The second kappa shape index (κ2) is 45.3. The van der Waals surface area contributed by atoms with E-state index in [1.54, 1.807) is 121 Å². The van der Waals surface area contributed by atoms with Gasteiger partial charge in [0, 0.05) is 15.9 Å². The highest BCUT2D eigenvalue weighted by Gasteiger charge is 2.39. The van der Waals surface area contributed by atoms with Crippen LogP contribution in [0.4, 0.5) is 43.9 Å². The number of hydrogen-bond acceptors (Lipinski definition) is 12. The van der Waals surface area contributed by atoms with Gasteiger partial charge in [0.2, 0.25) is 5.78 Å². The average Bonchev–Trinajstić information content (AvgIpc) is 0.795. The van der Waals surface area contributed by atoms with Gasteiger partial charge in [0.1, 0.15) is 60.0 Å². The number of benzene rings is 10. The van der Waals surface area contributed by atoms with Gasteiger partial charge in [0.25, 0.3) is 35.4 Å². The van der Waals surface area contributed by atoms with E-state index < -0.39 is 140 Å². The van der Waals surface area contributed by atoms with Crippen LogP contribution in [0.1, 0.15) is 90.7 Å². The van der Waals surface area contributed by atoms with Crippen LogP contribution >= 0.6 is 39.1 Å². The largest absolute Gasteiger partial charge is 0.496 e. The van der Waals surface area contributed by atoms with E-state index >= 15 is 0 Å². The van der Waals surface area contributed by atoms with Gasteiger partial charge >= 0.3 is 12.4 Å². The molecule has 10 rings (SSSR count). The molecule has 598 valence electrons. The first-order valence-corrected chi connectivity index (χ1v) is 35.7. The molecule has 31 heteroatoms. The molecular weight excluding hydrogens is 1630 g/mol. The molecule has 0 spiro atoms. The van der Waals surface area contributed by atoms with Crippen molar-refractivity contribution < 1.29 is 101 Å². The fraction of sp³-hybridized carbons (Fsp3) is 0.155. The summed E-state index contributed by atoms with van der Waals surface area (Å²) in [4.78, 5) is 129. The molecule has 0 heterocycles. The summed E-state index contributed by atoms with van der Waals surface area (Å²) in [6, 6.07) is 58.3. The van der Waals surface area contributed by atoms with Crippen LogP contribution in [0, 0.1) is 23.3 Å². The van der Waals surface area contributed by atoms with Crippen LogP contribution in [0.3, 0.4) is 0 Å². The van der Waals surface area contributed by atoms with Gasteiger partial charge in [-0.1, -0.05) is 199 Å². The second-order valence-electron chi connectivity index (χ2n) is 24.4. The first-order valence-electron chi connectivity index (χ1n) is 34.1. The number of ether oxygens (including phenoxy) is 1. The number of halogens is 13. The number of ketones is 1. The fourth-order valence-electron chi connectivity index (χ4n) is 10.7. The number of carbonyl (C=O) groups is 11. The minimum absolute atomic E-state index is 0.0552. The predicted molar refractivity (Wildman–Crippen MR) is 412 cm³/mol. The Bertz CT molecular complexity index is 4970. The van der Waals surface area contributed by atoms with Gasteiger partial charge in [0.05, 0.1) is 69.7 Å². The number of alkyl halides is 6. The smallest absolute Gasteiger partial charge is 0.417 e. The number of rotatable bonds is 27. The predicted octanol–water partition coefficient (Wildman–Crippen LogP) is 14.7. The van der Waals surface area contributed by atoms with Crippen LogP contribution in [-0.4, -0.2) is 104 Å². The standard InChI is InChI=1S/C17H15BrN2O3.C17H12ClF4NO2.C17H16ClNO3.C17H13F4NO2.C16H13F2NO2/c18-13-9-5-4-8-12(13)17(23)20-14(15(21)16(19)22)10-11-6-2-1-3-7-11;18-13-7-6-12(17(20,21)22)14(15(13)19)16(25)23-11(9-24)8-10-4-2-1-3-5-10;1-22-16-8-7-13(18)10-15(16)17(21)19-14(11-20)9-12-5-3-2-4-6-12;18-14-8-4-7-13(17(19,20)21)15(14)16(24)22-12(10-23)9-11-5-2-1-3-6-11;17-13-7-4-8-14(18)15(13)16(21)19-12(10-20)9-11-5-2-1-3-6-11/h1-9,14H,10H2,(H2,19,22)(H,20,23);1-7,9,11H,8H2,(H,23,25);2-8,10-11,14H,9H2,1H3,(H,19,21);1-8,10,12H,9H2,(H,22,24);1-8,10,12H,9H2,(H,19,21)/t14-;;;;/m0..../s1. The van der Waals surface area contributed by atoms with Gasteiger partial charge in [-0.15, -0.1) is 0 Å². The number of carbonyl (C=O) groups excluding carboxylic acids is 11. The lowest BCUT2D eigenvalue weighted by atomic mass is 10.0. The number of nitrogens with two attached hydrogens (primary N) is 1. The number of nitrogens with one attached hydrogen (secondary N) is 5. The van der Waals surface area contributed by atoms with Gasteiger partial charge in [-0.2, -0.15) is 26.3 Å². The molecule has 0 saturated heterocycles. The van der Waals surface area contributed by atoms with Gasteiger partial charge in [-0.05, 0) is 136 Å².